The molecular weight excluding hydrogens is 372 g/mol. The Kier molecular flexibility index (Phi) is 5.18. The van der Waals surface area contributed by atoms with Gasteiger partial charge >= 0.3 is 0 Å². The van der Waals surface area contributed by atoms with Crippen molar-refractivity contribution in [1.82, 2.24) is 14.9 Å². The molecular formula is C25H26N4O. The Morgan fingerprint density at radius 3 is 2.50 bits per heavy atom. The number of anilines is 1. The lowest BCUT2D eigenvalue weighted by Gasteiger charge is -2.30. The highest BCUT2D eigenvalue weighted by Gasteiger charge is 2.48. The van der Waals surface area contributed by atoms with E-state index in [1.807, 2.05) is 36.8 Å². The number of likely N-dealkylation sites (tertiary alicyclic amines) is 1. The molecule has 5 heteroatoms. The molecule has 3 atom stereocenters. The fourth-order valence-corrected chi connectivity index (χ4v) is 5.09. The minimum atomic E-state index is 0.143. The van der Waals surface area contributed by atoms with Gasteiger partial charge in [-0.05, 0) is 35.7 Å². The SMILES string of the molecule is O=C(CCc1cccnc1)N1C[C@@H]2CN(c3ccncc3)C[C@@H]2[C@H]1c1ccccc1. The molecule has 0 N–H and O–H groups in total. The van der Waals surface area contributed by atoms with Gasteiger partial charge in [-0.15, -0.1) is 0 Å². The topological polar surface area (TPSA) is 49.3 Å². The molecule has 152 valence electrons. The first-order valence-corrected chi connectivity index (χ1v) is 10.7. The molecule has 3 aromatic rings. The zero-order chi connectivity index (χ0) is 20.3. The summed E-state index contributed by atoms with van der Waals surface area (Å²) in [6, 6.07) is 18.8. The van der Waals surface area contributed by atoms with Crippen LogP contribution in [0.1, 0.15) is 23.6 Å². The van der Waals surface area contributed by atoms with E-state index in [0.29, 0.717) is 18.3 Å². The molecule has 0 spiro atoms. The van der Waals surface area contributed by atoms with Crippen molar-refractivity contribution < 1.29 is 4.79 Å². The molecule has 4 heterocycles. The Labute approximate surface area is 177 Å². The predicted octanol–water partition coefficient (Wildman–Crippen LogP) is 3.75. The van der Waals surface area contributed by atoms with Crippen LogP contribution in [-0.2, 0) is 11.2 Å². The Bertz CT molecular complexity index is 980. The lowest BCUT2D eigenvalue weighted by molar-refractivity contribution is -0.132. The molecule has 0 aliphatic carbocycles. The summed E-state index contributed by atoms with van der Waals surface area (Å²) in [5.74, 6) is 1.19. The van der Waals surface area contributed by atoms with Crippen LogP contribution < -0.4 is 4.90 Å². The minimum Gasteiger partial charge on any atom is -0.371 e. The quantitative estimate of drug-likeness (QED) is 0.657. The van der Waals surface area contributed by atoms with Crippen molar-refractivity contribution in [2.45, 2.75) is 18.9 Å². The molecule has 2 saturated heterocycles. The van der Waals surface area contributed by atoms with Gasteiger partial charge in [-0.3, -0.25) is 14.8 Å². The molecule has 0 radical (unpaired) electrons. The second-order valence-corrected chi connectivity index (χ2v) is 8.30. The number of pyridine rings is 2. The lowest BCUT2D eigenvalue weighted by atomic mass is 9.89. The van der Waals surface area contributed by atoms with Crippen LogP contribution in [-0.4, -0.2) is 40.4 Å². The van der Waals surface area contributed by atoms with Gasteiger partial charge in [0, 0.05) is 68.4 Å². The number of hydrogen-bond acceptors (Lipinski definition) is 4. The van der Waals surface area contributed by atoms with Crippen molar-refractivity contribution in [3.8, 4) is 0 Å². The number of hydrogen-bond donors (Lipinski definition) is 0. The van der Waals surface area contributed by atoms with Gasteiger partial charge in [-0.2, -0.15) is 0 Å². The second-order valence-electron chi connectivity index (χ2n) is 8.30. The van der Waals surface area contributed by atoms with Crippen molar-refractivity contribution in [3.05, 3.63) is 90.5 Å². The summed E-state index contributed by atoms with van der Waals surface area (Å²) < 4.78 is 0. The maximum atomic E-state index is 13.3. The van der Waals surface area contributed by atoms with Crippen molar-refractivity contribution in [3.63, 3.8) is 0 Å². The van der Waals surface area contributed by atoms with E-state index in [0.717, 1.165) is 31.6 Å². The number of fused-ring (bicyclic) bond motifs is 1. The van der Waals surface area contributed by atoms with Gasteiger partial charge < -0.3 is 9.80 Å². The second kappa shape index (κ2) is 8.27. The van der Waals surface area contributed by atoms with Gasteiger partial charge in [-0.25, -0.2) is 0 Å². The number of amides is 1. The Morgan fingerprint density at radius 2 is 1.73 bits per heavy atom. The maximum absolute atomic E-state index is 13.3. The summed E-state index contributed by atoms with van der Waals surface area (Å²) in [5.41, 5.74) is 3.59. The summed E-state index contributed by atoms with van der Waals surface area (Å²) in [6.45, 7) is 2.79. The van der Waals surface area contributed by atoms with Crippen molar-refractivity contribution in [1.29, 1.82) is 0 Å². The van der Waals surface area contributed by atoms with E-state index < -0.39 is 0 Å². The number of nitrogens with zero attached hydrogens (tertiary/aromatic N) is 4. The average molecular weight is 399 g/mol. The Morgan fingerprint density at radius 1 is 0.900 bits per heavy atom. The van der Waals surface area contributed by atoms with Gasteiger partial charge in [0.05, 0.1) is 6.04 Å². The van der Waals surface area contributed by atoms with Crippen LogP contribution in [0.4, 0.5) is 5.69 Å². The average Bonchev–Trinajstić information content (AvgIpc) is 3.38. The molecule has 0 bridgehead atoms. The highest BCUT2D eigenvalue weighted by molar-refractivity contribution is 5.77. The Hall–Kier alpha value is -3.21. The molecule has 5 nitrogen and oxygen atoms in total. The highest BCUT2D eigenvalue weighted by atomic mass is 16.2. The largest absolute Gasteiger partial charge is 0.371 e. The number of aromatic nitrogens is 2. The number of rotatable bonds is 5. The van der Waals surface area contributed by atoms with Gasteiger partial charge in [-0.1, -0.05) is 36.4 Å². The summed E-state index contributed by atoms with van der Waals surface area (Å²) in [4.78, 5) is 26.2. The molecule has 1 aromatic carbocycles. The monoisotopic (exact) mass is 398 g/mol. The van der Waals surface area contributed by atoms with E-state index in [2.05, 4.69) is 56.2 Å². The lowest BCUT2D eigenvalue weighted by Crippen LogP contribution is -2.35. The minimum absolute atomic E-state index is 0.143. The van der Waals surface area contributed by atoms with Crippen molar-refractivity contribution in [2.24, 2.45) is 11.8 Å². The summed E-state index contributed by atoms with van der Waals surface area (Å²) in [6.07, 6.45) is 8.60. The smallest absolute Gasteiger partial charge is 0.223 e. The van der Waals surface area contributed by atoms with Gasteiger partial charge in [0.25, 0.3) is 0 Å². The predicted molar refractivity (Wildman–Crippen MR) is 117 cm³/mol. The number of benzene rings is 1. The van der Waals surface area contributed by atoms with E-state index >= 15 is 0 Å². The van der Waals surface area contributed by atoms with E-state index in [1.54, 1.807) is 6.20 Å². The third-order valence-corrected chi connectivity index (χ3v) is 6.50. The molecule has 30 heavy (non-hydrogen) atoms. The number of carbonyl (C=O) groups is 1. The highest BCUT2D eigenvalue weighted by Crippen LogP contribution is 2.46. The molecule has 2 fully saturated rings. The van der Waals surface area contributed by atoms with E-state index in [-0.39, 0.29) is 11.9 Å². The van der Waals surface area contributed by atoms with Gasteiger partial charge in [0.1, 0.15) is 0 Å². The molecule has 1 amide bonds. The van der Waals surface area contributed by atoms with Crippen LogP contribution >= 0.6 is 0 Å². The van der Waals surface area contributed by atoms with Crippen LogP contribution in [0.5, 0.6) is 0 Å². The Balaban J connectivity index is 1.36. The number of aryl methyl sites for hydroxylation is 1. The summed E-state index contributed by atoms with van der Waals surface area (Å²) in [5, 5.41) is 0. The molecule has 0 unspecified atom stereocenters. The third-order valence-electron chi connectivity index (χ3n) is 6.50. The van der Waals surface area contributed by atoms with Crippen LogP contribution in [0.15, 0.2) is 79.4 Å². The molecule has 0 saturated carbocycles. The summed E-state index contributed by atoms with van der Waals surface area (Å²) in [7, 11) is 0. The standard InChI is InChI=1S/C25H26N4O/c30-24(9-8-19-5-4-12-27-15-19)29-17-21-16-28(22-10-13-26-14-11-22)18-23(21)25(29)20-6-2-1-3-7-20/h1-7,10-15,21,23,25H,8-9,16-18H2/t21-,23-,25+/m0/s1. The normalized spacial score (nSPS) is 22.9. The fraction of sp³-hybridized carbons (Fsp3) is 0.320. The van der Waals surface area contributed by atoms with Gasteiger partial charge in [0.15, 0.2) is 0 Å². The van der Waals surface area contributed by atoms with Crippen molar-refractivity contribution >= 4 is 11.6 Å². The fourth-order valence-electron chi connectivity index (χ4n) is 5.09. The van der Waals surface area contributed by atoms with E-state index in [9.17, 15) is 4.79 Å². The molecule has 2 aromatic heterocycles. The first-order chi connectivity index (χ1) is 14.8. The van der Waals surface area contributed by atoms with E-state index in [4.69, 9.17) is 0 Å². The van der Waals surface area contributed by atoms with Crippen LogP contribution in [0.2, 0.25) is 0 Å². The van der Waals surface area contributed by atoms with Crippen molar-refractivity contribution in [2.75, 3.05) is 24.5 Å². The molecule has 2 aliphatic heterocycles. The van der Waals surface area contributed by atoms with E-state index in [1.165, 1.54) is 11.3 Å². The molecule has 2 aliphatic rings. The maximum Gasteiger partial charge on any atom is 0.223 e. The van der Waals surface area contributed by atoms with Crippen LogP contribution in [0, 0.1) is 11.8 Å². The first-order valence-electron chi connectivity index (χ1n) is 10.7. The first kappa shape index (κ1) is 18.8. The van der Waals surface area contributed by atoms with Gasteiger partial charge in [0.2, 0.25) is 5.91 Å². The summed E-state index contributed by atoms with van der Waals surface area (Å²) >= 11 is 0. The zero-order valence-electron chi connectivity index (χ0n) is 17.0. The number of carbonyl (C=O) groups excluding carboxylic acids is 1. The van der Waals surface area contributed by atoms with Crippen LogP contribution in [0.3, 0.4) is 0 Å². The molecule has 5 rings (SSSR count). The third kappa shape index (κ3) is 3.67. The van der Waals surface area contributed by atoms with Crippen LogP contribution in [0.25, 0.3) is 0 Å². The zero-order valence-corrected chi connectivity index (χ0v) is 17.0.